The molecule has 24 heavy (non-hydrogen) atoms. The lowest BCUT2D eigenvalue weighted by molar-refractivity contribution is 0.199. The summed E-state index contributed by atoms with van der Waals surface area (Å²) in [5.41, 5.74) is 6.01. The minimum Gasteiger partial charge on any atom is -0.389 e. The number of aliphatic hydroxyl groups excluding tert-OH is 1. The Labute approximate surface area is 140 Å². The van der Waals surface area contributed by atoms with Gasteiger partial charge in [-0.05, 0) is 42.3 Å². The monoisotopic (exact) mass is 315 g/mol. The summed E-state index contributed by atoms with van der Waals surface area (Å²) in [5.74, 6) is 0. The normalized spacial score (nSPS) is 12.4. The van der Waals surface area contributed by atoms with E-state index in [1.807, 2.05) is 47.3 Å². The molecule has 0 radical (unpaired) electrons. The predicted octanol–water partition coefficient (Wildman–Crippen LogP) is 4.12. The molecule has 0 aliphatic carbocycles. The Hall–Kier alpha value is -2.98. The second-order valence-corrected chi connectivity index (χ2v) is 5.83. The van der Waals surface area contributed by atoms with Crippen molar-refractivity contribution in [3.63, 3.8) is 0 Å². The third-order valence-electron chi connectivity index (χ3n) is 4.17. The quantitative estimate of drug-likeness (QED) is 0.619. The molecule has 4 heteroatoms. The van der Waals surface area contributed by atoms with Crippen LogP contribution in [0.1, 0.15) is 18.6 Å². The Balaban J connectivity index is 1.81. The molecule has 4 nitrogen and oxygen atoms in total. The van der Waals surface area contributed by atoms with E-state index in [2.05, 4.69) is 34.2 Å². The zero-order chi connectivity index (χ0) is 16.5. The van der Waals surface area contributed by atoms with Gasteiger partial charge in [0.15, 0.2) is 0 Å². The second-order valence-electron chi connectivity index (χ2n) is 5.83. The van der Waals surface area contributed by atoms with Gasteiger partial charge in [-0.25, -0.2) is 4.98 Å². The zero-order valence-electron chi connectivity index (χ0n) is 13.3. The van der Waals surface area contributed by atoms with Crippen molar-refractivity contribution in [2.24, 2.45) is 0 Å². The number of benzene rings is 1. The lowest BCUT2D eigenvalue weighted by Gasteiger charge is -2.08. The molecule has 1 atom stereocenters. The Bertz CT molecular complexity index is 990. The summed E-state index contributed by atoms with van der Waals surface area (Å²) in [7, 11) is 0. The van der Waals surface area contributed by atoms with E-state index in [9.17, 15) is 5.11 Å². The Morgan fingerprint density at radius 2 is 1.79 bits per heavy atom. The van der Waals surface area contributed by atoms with Crippen molar-refractivity contribution in [2.45, 2.75) is 13.0 Å². The maximum atomic E-state index is 9.73. The van der Waals surface area contributed by atoms with Crippen molar-refractivity contribution >= 4 is 5.65 Å². The van der Waals surface area contributed by atoms with Gasteiger partial charge in [-0.2, -0.15) is 0 Å². The van der Waals surface area contributed by atoms with Crippen molar-refractivity contribution in [1.82, 2.24) is 14.4 Å². The molecule has 0 bridgehead atoms. The molecule has 1 N–H and O–H groups in total. The van der Waals surface area contributed by atoms with Gasteiger partial charge in [0.2, 0.25) is 0 Å². The van der Waals surface area contributed by atoms with E-state index >= 15 is 0 Å². The molecule has 3 aromatic heterocycles. The molecule has 4 rings (SSSR count). The predicted molar refractivity (Wildman–Crippen MR) is 94.5 cm³/mol. The molecular weight excluding hydrogens is 298 g/mol. The Morgan fingerprint density at radius 1 is 0.958 bits per heavy atom. The van der Waals surface area contributed by atoms with E-state index in [-0.39, 0.29) is 0 Å². The fourth-order valence-electron chi connectivity index (χ4n) is 2.86. The van der Waals surface area contributed by atoms with Crippen LogP contribution in [0.25, 0.3) is 28.0 Å². The smallest absolute Gasteiger partial charge is 0.137 e. The summed E-state index contributed by atoms with van der Waals surface area (Å²) < 4.78 is 2.04. The number of hydrogen-bond acceptors (Lipinski definition) is 3. The van der Waals surface area contributed by atoms with Gasteiger partial charge < -0.3 is 5.11 Å². The highest BCUT2D eigenvalue weighted by Gasteiger charge is 2.09. The van der Waals surface area contributed by atoms with E-state index in [0.717, 1.165) is 33.6 Å². The summed E-state index contributed by atoms with van der Waals surface area (Å²) in [4.78, 5) is 8.67. The fraction of sp³-hybridized carbons (Fsp3) is 0.100. The molecule has 118 valence electrons. The summed E-state index contributed by atoms with van der Waals surface area (Å²) in [5, 5.41) is 9.73. The van der Waals surface area contributed by atoms with Crippen LogP contribution in [0, 0.1) is 0 Å². The van der Waals surface area contributed by atoms with Crippen LogP contribution in [0.2, 0.25) is 0 Å². The number of aliphatic hydroxyl groups is 1. The molecule has 0 saturated carbocycles. The lowest BCUT2D eigenvalue weighted by Crippen LogP contribution is -1.94. The highest BCUT2D eigenvalue weighted by Crippen LogP contribution is 2.27. The van der Waals surface area contributed by atoms with Crippen molar-refractivity contribution in [3.05, 3.63) is 78.9 Å². The molecule has 1 aromatic carbocycles. The molecule has 4 aromatic rings. The maximum absolute atomic E-state index is 9.73. The SMILES string of the molecule is CC(O)c1ccn2c(-c3cccc(-c4cccnc4)c3)cnc2c1. The second kappa shape index (κ2) is 5.91. The lowest BCUT2D eigenvalue weighted by atomic mass is 10.0. The summed E-state index contributed by atoms with van der Waals surface area (Å²) in [6.07, 6.45) is 6.96. The molecule has 0 aliphatic heterocycles. The van der Waals surface area contributed by atoms with Crippen LogP contribution >= 0.6 is 0 Å². The highest BCUT2D eigenvalue weighted by atomic mass is 16.3. The van der Waals surface area contributed by atoms with Gasteiger partial charge in [0, 0.05) is 29.7 Å². The first-order valence-electron chi connectivity index (χ1n) is 7.88. The average molecular weight is 315 g/mol. The van der Waals surface area contributed by atoms with Crippen LogP contribution in [0.5, 0.6) is 0 Å². The van der Waals surface area contributed by atoms with Crippen molar-refractivity contribution in [2.75, 3.05) is 0 Å². The Kier molecular flexibility index (Phi) is 3.59. The number of nitrogens with zero attached hydrogens (tertiary/aromatic N) is 3. The van der Waals surface area contributed by atoms with E-state index < -0.39 is 6.10 Å². The highest BCUT2D eigenvalue weighted by molar-refractivity contribution is 5.72. The molecule has 0 spiro atoms. The molecule has 0 amide bonds. The third kappa shape index (κ3) is 2.57. The topological polar surface area (TPSA) is 50.4 Å². The van der Waals surface area contributed by atoms with E-state index in [4.69, 9.17) is 0 Å². The van der Waals surface area contributed by atoms with Crippen LogP contribution in [0.3, 0.4) is 0 Å². The molecule has 1 unspecified atom stereocenters. The van der Waals surface area contributed by atoms with Crippen molar-refractivity contribution in [3.8, 4) is 22.4 Å². The molecule has 0 aliphatic rings. The average Bonchev–Trinajstić information content (AvgIpc) is 3.06. The number of fused-ring (bicyclic) bond motifs is 1. The van der Waals surface area contributed by atoms with Gasteiger partial charge in [0.25, 0.3) is 0 Å². The zero-order valence-corrected chi connectivity index (χ0v) is 13.3. The van der Waals surface area contributed by atoms with Crippen molar-refractivity contribution < 1.29 is 5.11 Å². The molecule has 0 fully saturated rings. The minimum absolute atomic E-state index is 0.496. The number of aromatic nitrogens is 3. The van der Waals surface area contributed by atoms with E-state index in [1.165, 1.54) is 0 Å². The number of rotatable bonds is 3. The van der Waals surface area contributed by atoms with E-state index in [1.54, 1.807) is 13.1 Å². The molecule has 0 saturated heterocycles. The van der Waals surface area contributed by atoms with Gasteiger partial charge in [-0.1, -0.05) is 24.3 Å². The van der Waals surface area contributed by atoms with E-state index in [0.29, 0.717) is 0 Å². The summed E-state index contributed by atoms with van der Waals surface area (Å²) >= 11 is 0. The Morgan fingerprint density at radius 3 is 2.58 bits per heavy atom. The number of hydrogen-bond donors (Lipinski definition) is 1. The third-order valence-corrected chi connectivity index (χ3v) is 4.17. The largest absolute Gasteiger partial charge is 0.389 e. The van der Waals surface area contributed by atoms with Crippen molar-refractivity contribution in [1.29, 1.82) is 0 Å². The summed E-state index contributed by atoms with van der Waals surface area (Å²) in [6.45, 7) is 1.76. The van der Waals surface area contributed by atoms with Gasteiger partial charge in [0.1, 0.15) is 5.65 Å². The summed E-state index contributed by atoms with van der Waals surface area (Å²) in [6, 6.07) is 16.2. The van der Waals surface area contributed by atoms with Gasteiger partial charge >= 0.3 is 0 Å². The van der Waals surface area contributed by atoms with Crippen LogP contribution in [-0.4, -0.2) is 19.5 Å². The minimum atomic E-state index is -0.496. The number of imidazole rings is 1. The van der Waals surface area contributed by atoms with Crippen LogP contribution in [0.15, 0.2) is 73.3 Å². The van der Waals surface area contributed by atoms with Crippen LogP contribution < -0.4 is 0 Å². The first-order chi connectivity index (χ1) is 11.7. The fourth-order valence-corrected chi connectivity index (χ4v) is 2.86. The first kappa shape index (κ1) is 14.6. The van der Waals surface area contributed by atoms with Crippen LogP contribution in [-0.2, 0) is 0 Å². The molecular formula is C20H17N3O. The van der Waals surface area contributed by atoms with Crippen LogP contribution in [0.4, 0.5) is 0 Å². The first-order valence-corrected chi connectivity index (χ1v) is 7.88. The molecule has 3 heterocycles. The standard InChI is InChI=1S/C20H17N3O/c1-14(24)15-7-9-23-19(13-22-20(23)11-15)17-5-2-4-16(10-17)18-6-3-8-21-12-18/h2-14,24H,1H3. The number of pyridine rings is 2. The maximum Gasteiger partial charge on any atom is 0.137 e. The van der Waals surface area contributed by atoms with Gasteiger partial charge in [-0.3, -0.25) is 9.38 Å². The van der Waals surface area contributed by atoms with Gasteiger partial charge in [-0.15, -0.1) is 0 Å². The van der Waals surface area contributed by atoms with Gasteiger partial charge in [0.05, 0.1) is 18.0 Å².